The number of amides is 1. The normalized spacial score (nSPS) is 11.2. The third-order valence-corrected chi connectivity index (χ3v) is 3.85. The fourth-order valence-corrected chi connectivity index (χ4v) is 3.10. The van der Waals surface area contributed by atoms with Crippen molar-refractivity contribution in [2.24, 2.45) is 11.7 Å². The number of carbonyl (C=O) groups excluding carboxylic acids is 1. The number of anilines is 2. The molecule has 0 saturated heterocycles. The number of carbonyl (C=O) groups is 1. The molecule has 0 saturated carbocycles. The highest BCUT2D eigenvalue weighted by molar-refractivity contribution is 7.18. The van der Waals surface area contributed by atoms with Crippen molar-refractivity contribution in [3.05, 3.63) is 17.1 Å². The van der Waals surface area contributed by atoms with Crippen LogP contribution in [0.25, 0.3) is 10.2 Å². The average Bonchev–Trinajstić information content (AvgIpc) is 2.65. The molecular formula is C14H20N4OS. The summed E-state index contributed by atoms with van der Waals surface area (Å²) in [4.78, 5) is 17.7. The van der Waals surface area contributed by atoms with E-state index in [1.807, 2.05) is 24.0 Å². The summed E-state index contributed by atoms with van der Waals surface area (Å²) < 4.78 is 1.06. The molecular weight excluding hydrogens is 272 g/mol. The molecule has 0 bridgehead atoms. The fraction of sp³-hybridized carbons (Fsp3) is 0.429. The van der Waals surface area contributed by atoms with Gasteiger partial charge in [-0.15, -0.1) is 11.3 Å². The van der Waals surface area contributed by atoms with Gasteiger partial charge in [0.2, 0.25) is 5.91 Å². The van der Waals surface area contributed by atoms with E-state index in [1.165, 1.54) is 0 Å². The maximum absolute atomic E-state index is 11.3. The molecule has 0 unspecified atom stereocenters. The lowest BCUT2D eigenvalue weighted by Gasteiger charge is -2.26. The second-order valence-electron chi connectivity index (χ2n) is 5.35. The van der Waals surface area contributed by atoms with E-state index in [0.717, 1.165) is 27.5 Å². The van der Waals surface area contributed by atoms with Crippen molar-refractivity contribution in [3.63, 3.8) is 0 Å². The average molecular weight is 292 g/mol. The molecule has 2 rings (SSSR count). The summed E-state index contributed by atoms with van der Waals surface area (Å²) >= 11 is 1.61. The minimum Gasteiger partial charge on any atom is -0.397 e. The van der Waals surface area contributed by atoms with E-state index in [4.69, 9.17) is 11.5 Å². The summed E-state index contributed by atoms with van der Waals surface area (Å²) in [6.45, 7) is 7.04. The first-order valence-electron chi connectivity index (χ1n) is 6.56. The molecule has 1 heterocycles. The van der Waals surface area contributed by atoms with Crippen LogP contribution < -0.4 is 16.4 Å². The van der Waals surface area contributed by atoms with Crippen molar-refractivity contribution in [2.75, 3.05) is 23.7 Å². The predicted molar refractivity (Wildman–Crippen MR) is 85.0 cm³/mol. The molecule has 1 aromatic carbocycles. The molecule has 4 N–H and O–H groups in total. The highest BCUT2D eigenvalue weighted by atomic mass is 32.1. The Morgan fingerprint density at radius 2 is 2.15 bits per heavy atom. The maximum atomic E-state index is 11.3. The Labute approximate surface area is 122 Å². The predicted octanol–water partition coefficient (Wildman–Crippen LogP) is 2.13. The van der Waals surface area contributed by atoms with Crippen LogP contribution in [-0.4, -0.2) is 24.0 Å². The van der Waals surface area contributed by atoms with Crippen molar-refractivity contribution >= 4 is 38.8 Å². The van der Waals surface area contributed by atoms with Gasteiger partial charge in [-0.05, 0) is 25.0 Å². The summed E-state index contributed by atoms with van der Waals surface area (Å²) in [6, 6.07) is 3.86. The second-order valence-corrected chi connectivity index (χ2v) is 6.59. The molecule has 0 fully saturated rings. The van der Waals surface area contributed by atoms with E-state index in [2.05, 4.69) is 18.8 Å². The molecule has 2 aromatic rings. The minimum absolute atomic E-state index is 0.164. The molecule has 0 radical (unpaired) electrons. The van der Waals surface area contributed by atoms with Crippen molar-refractivity contribution in [1.29, 1.82) is 0 Å². The molecule has 6 heteroatoms. The maximum Gasteiger partial charge on any atom is 0.236 e. The number of hydrogen-bond donors (Lipinski definition) is 2. The van der Waals surface area contributed by atoms with Crippen LogP contribution in [0.1, 0.15) is 18.9 Å². The van der Waals surface area contributed by atoms with Gasteiger partial charge in [0, 0.05) is 6.54 Å². The Bertz CT molecular complexity index is 635. The standard InChI is InChI=1S/C14H20N4OS/c1-8(2)6-18(7-14(16)19)12-5-11-13(4-10(12)15)20-9(3)17-11/h4-5,8H,6-7,15H2,1-3H3,(H2,16,19). The number of aryl methyl sites for hydroxylation is 1. The molecule has 1 aromatic heterocycles. The number of fused-ring (bicyclic) bond motifs is 1. The van der Waals surface area contributed by atoms with Gasteiger partial charge < -0.3 is 16.4 Å². The van der Waals surface area contributed by atoms with Gasteiger partial charge >= 0.3 is 0 Å². The van der Waals surface area contributed by atoms with E-state index < -0.39 is 0 Å². The summed E-state index contributed by atoms with van der Waals surface area (Å²) in [5, 5.41) is 1.00. The summed E-state index contributed by atoms with van der Waals surface area (Å²) in [5.41, 5.74) is 13.9. The smallest absolute Gasteiger partial charge is 0.236 e. The van der Waals surface area contributed by atoms with Crippen LogP contribution in [0.2, 0.25) is 0 Å². The first-order chi connectivity index (χ1) is 9.36. The van der Waals surface area contributed by atoms with E-state index in [-0.39, 0.29) is 12.5 Å². The zero-order valence-corrected chi connectivity index (χ0v) is 12.8. The van der Waals surface area contributed by atoms with Crippen molar-refractivity contribution in [1.82, 2.24) is 4.98 Å². The quantitative estimate of drug-likeness (QED) is 0.827. The molecule has 0 aliphatic heterocycles. The van der Waals surface area contributed by atoms with Crippen LogP contribution in [0, 0.1) is 12.8 Å². The first-order valence-corrected chi connectivity index (χ1v) is 7.38. The van der Waals surface area contributed by atoms with Crippen molar-refractivity contribution < 1.29 is 4.79 Å². The topological polar surface area (TPSA) is 85.2 Å². The lowest BCUT2D eigenvalue weighted by Crippen LogP contribution is -2.36. The summed E-state index contributed by atoms with van der Waals surface area (Å²) in [5.74, 6) is 0.0428. The van der Waals surface area contributed by atoms with Gasteiger partial charge in [-0.2, -0.15) is 0 Å². The largest absolute Gasteiger partial charge is 0.397 e. The van der Waals surface area contributed by atoms with Gasteiger partial charge in [-0.1, -0.05) is 13.8 Å². The zero-order valence-electron chi connectivity index (χ0n) is 12.0. The lowest BCUT2D eigenvalue weighted by atomic mass is 10.1. The zero-order chi connectivity index (χ0) is 14.9. The number of nitrogens with zero attached hydrogens (tertiary/aromatic N) is 2. The third kappa shape index (κ3) is 3.19. The first kappa shape index (κ1) is 14.6. The van der Waals surface area contributed by atoms with Gasteiger partial charge in [-0.25, -0.2) is 4.98 Å². The number of nitrogen functional groups attached to an aromatic ring is 1. The van der Waals surface area contributed by atoms with Crippen LogP contribution in [0.15, 0.2) is 12.1 Å². The van der Waals surface area contributed by atoms with E-state index in [0.29, 0.717) is 11.6 Å². The minimum atomic E-state index is -0.361. The van der Waals surface area contributed by atoms with E-state index in [9.17, 15) is 4.79 Å². The highest BCUT2D eigenvalue weighted by Crippen LogP contribution is 2.32. The Hall–Kier alpha value is -1.82. The third-order valence-electron chi connectivity index (χ3n) is 2.92. The molecule has 1 amide bonds. The monoisotopic (exact) mass is 292 g/mol. The van der Waals surface area contributed by atoms with Gasteiger partial charge in [0.05, 0.1) is 33.1 Å². The van der Waals surface area contributed by atoms with Crippen molar-refractivity contribution in [2.45, 2.75) is 20.8 Å². The number of hydrogen-bond acceptors (Lipinski definition) is 5. The summed E-state index contributed by atoms with van der Waals surface area (Å²) in [6.07, 6.45) is 0. The SMILES string of the molecule is Cc1nc2cc(N(CC(N)=O)CC(C)C)c(N)cc2s1. The van der Waals surface area contributed by atoms with Crippen LogP contribution in [0.4, 0.5) is 11.4 Å². The Balaban J connectivity index is 2.45. The van der Waals surface area contributed by atoms with Crippen LogP contribution in [0.3, 0.4) is 0 Å². The summed E-state index contributed by atoms with van der Waals surface area (Å²) in [7, 11) is 0. The highest BCUT2D eigenvalue weighted by Gasteiger charge is 2.16. The Morgan fingerprint density at radius 1 is 1.45 bits per heavy atom. The van der Waals surface area contributed by atoms with Crippen LogP contribution >= 0.6 is 11.3 Å². The van der Waals surface area contributed by atoms with Gasteiger partial charge in [0.15, 0.2) is 0 Å². The number of thiazole rings is 1. The number of benzene rings is 1. The number of aromatic nitrogens is 1. The molecule has 0 aliphatic carbocycles. The second kappa shape index (κ2) is 5.66. The van der Waals surface area contributed by atoms with Gasteiger partial charge in [0.1, 0.15) is 0 Å². The molecule has 0 atom stereocenters. The van der Waals surface area contributed by atoms with Gasteiger partial charge in [0.25, 0.3) is 0 Å². The fourth-order valence-electron chi connectivity index (χ4n) is 2.24. The number of rotatable bonds is 5. The Kier molecular flexibility index (Phi) is 4.13. The van der Waals surface area contributed by atoms with Crippen molar-refractivity contribution in [3.8, 4) is 0 Å². The molecule has 20 heavy (non-hydrogen) atoms. The Morgan fingerprint density at radius 3 is 2.75 bits per heavy atom. The number of primary amides is 1. The molecule has 108 valence electrons. The van der Waals surface area contributed by atoms with E-state index >= 15 is 0 Å². The molecule has 0 aliphatic rings. The van der Waals surface area contributed by atoms with Crippen LogP contribution in [0.5, 0.6) is 0 Å². The molecule has 0 spiro atoms. The van der Waals surface area contributed by atoms with Gasteiger partial charge in [-0.3, -0.25) is 4.79 Å². The van der Waals surface area contributed by atoms with E-state index in [1.54, 1.807) is 11.3 Å². The lowest BCUT2D eigenvalue weighted by molar-refractivity contribution is -0.116. The van der Waals surface area contributed by atoms with Crippen LogP contribution in [-0.2, 0) is 4.79 Å². The number of nitrogens with two attached hydrogens (primary N) is 2. The molecule has 5 nitrogen and oxygen atoms in total.